The van der Waals surface area contributed by atoms with Crippen molar-refractivity contribution in [2.75, 3.05) is 5.32 Å². The molecule has 8 heteroatoms. The number of hydrogen-bond donors (Lipinski definition) is 2. The number of hydrogen-bond acceptors (Lipinski definition) is 5. The maximum absolute atomic E-state index is 11.1. The fraction of sp³-hybridized carbons (Fsp3) is 0.185. The van der Waals surface area contributed by atoms with Crippen LogP contribution >= 0.6 is 23.2 Å². The number of phenolic OH excluding ortho intramolecular Hbond substituents is 1. The number of halogens is 2. The Bertz CT molecular complexity index is 1240. The number of allylic oxidation sites excluding steroid dienone is 2. The molecule has 0 bridgehead atoms. The molecule has 0 unspecified atom stereocenters. The van der Waals surface area contributed by atoms with Crippen LogP contribution in [0.1, 0.15) is 52.6 Å². The normalized spacial score (nSPS) is 9.77. The number of ketones is 1. The molecule has 0 heterocycles. The van der Waals surface area contributed by atoms with Crippen molar-refractivity contribution in [3.05, 3.63) is 98.5 Å². The second-order valence-corrected chi connectivity index (χ2v) is 8.68. The molecule has 0 fully saturated rings. The number of para-hydroxylation sites is 1. The Hall–Kier alpha value is -2.28. The Morgan fingerprint density at radius 3 is 2.29 bits per heavy atom. The smallest absolute Gasteiger partial charge is 0.545 e. The molecule has 0 amide bonds. The SMILES string of the molecule is CC(=O)c1ccc(O)c(CC=C(C)C)c1.Cc1ccc(Cl)c(Nc2ccccc2C(=O)[O-])c1Cl.[Na+]. The van der Waals surface area contributed by atoms with Crippen LogP contribution in [0.3, 0.4) is 0 Å². The summed E-state index contributed by atoms with van der Waals surface area (Å²) in [5.74, 6) is -0.992. The zero-order valence-corrected chi connectivity index (χ0v) is 23.9. The van der Waals surface area contributed by atoms with Crippen LogP contribution in [0.5, 0.6) is 5.75 Å². The number of carbonyl (C=O) groups is 2. The van der Waals surface area contributed by atoms with Crippen LogP contribution in [0.15, 0.2) is 66.2 Å². The first-order valence-electron chi connectivity index (χ1n) is 10.5. The molecular formula is C27H26Cl2NNaO4. The number of carboxylic acid groups (broad SMARTS) is 1. The third-order valence-corrected chi connectivity index (χ3v) is 5.71. The third-order valence-electron chi connectivity index (χ3n) is 4.91. The molecule has 0 saturated carbocycles. The van der Waals surface area contributed by atoms with Gasteiger partial charge in [0.05, 0.1) is 21.7 Å². The van der Waals surface area contributed by atoms with Gasteiger partial charge in [0.25, 0.3) is 0 Å². The summed E-state index contributed by atoms with van der Waals surface area (Å²) in [6.07, 6.45) is 2.69. The van der Waals surface area contributed by atoms with E-state index in [0.29, 0.717) is 33.4 Å². The van der Waals surface area contributed by atoms with Crippen LogP contribution in [0.2, 0.25) is 10.0 Å². The third kappa shape index (κ3) is 9.02. The van der Waals surface area contributed by atoms with E-state index in [1.165, 1.54) is 18.6 Å². The molecular weight excluding hydrogens is 496 g/mol. The van der Waals surface area contributed by atoms with Gasteiger partial charge < -0.3 is 20.3 Å². The molecule has 0 aliphatic carbocycles. The van der Waals surface area contributed by atoms with Gasteiger partial charge in [-0.2, -0.15) is 0 Å². The zero-order valence-electron chi connectivity index (χ0n) is 20.4. The van der Waals surface area contributed by atoms with Gasteiger partial charge in [-0.1, -0.05) is 59.1 Å². The minimum absolute atomic E-state index is 0. The van der Waals surface area contributed by atoms with Gasteiger partial charge in [-0.3, -0.25) is 4.79 Å². The van der Waals surface area contributed by atoms with Crippen LogP contribution < -0.4 is 40.0 Å². The molecule has 0 aliphatic rings. The van der Waals surface area contributed by atoms with Gasteiger partial charge in [0.1, 0.15) is 5.75 Å². The van der Waals surface area contributed by atoms with E-state index < -0.39 is 5.97 Å². The standard InChI is InChI=1S/C14H11Cl2NO2.C13H16O2.Na/c1-8-6-7-10(15)13(12(8)16)17-11-5-3-2-4-9(11)14(18)19;1-9(2)4-5-12-8-11(10(3)14)6-7-13(12)15;/h2-7,17H,1H3,(H,18,19);4,6-8,15H,5H2,1-3H3;/q;;+1/p-1. The number of anilines is 2. The van der Waals surface area contributed by atoms with Crippen LogP contribution in [0.4, 0.5) is 11.4 Å². The van der Waals surface area contributed by atoms with Crippen molar-refractivity contribution < 1.29 is 49.4 Å². The molecule has 35 heavy (non-hydrogen) atoms. The number of carboxylic acids is 1. The molecule has 5 nitrogen and oxygen atoms in total. The monoisotopic (exact) mass is 521 g/mol. The first-order valence-corrected chi connectivity index (χ1v) is 11.2. The number of phenols is 1. The second kappa shape index (κ2) is 14.3. The number of nitrogens with one attached hydrogen (secondary N) is 1. The quantitative estimate of drug-likeness (QED) is 0.294. The van der Waals surface area contributed by atoms with E-state index >= 15 is 0 Å². The summed E-state index contributed by atoms with van der Waals surface area (Å²) >= 11 is 12.2. The van der Waals surface area contributed by atoms with Crippen molar-refractivity contribution in [2.45, 2.75) is 34.1 Å². The van der Waals surface area contributed by atoms with Crippen molar-refractivity contribution in [3.63, 3.8) is 0 Å². The number of benzene rings is 3. The average molecular weight is 522 g/mol. The first-order chi connectivity index (χ1) is 16.0. The molecule has 0 aliphatic heterocycles. The van der Waals surface area contributed by atoms with E-state index in [4.69, 9.17) is 23.2 Å². The molecule has 3 rings (SSSR count). The Labute approximate surface area is 238 Å². The van der Waals surface area contributed by atoms with Gasteiger partial charge in [-0.15, -0.1) is 0 Å². The van der Waals surface area contributed by atoms with Crippen molar-refractivity contribution in [3.8, 4) is 5.75 Å². The topological polar surface area (TPSA) is 89.5 Å². The molecule has 3 aromatic rings. The number of Topliss-reactive ketones (excluding diaryl/α,β-unsaturated/α-hetero) is 1. The van der Waals surface area contributed by atoms with Gasteiger partial charge in [-0.05, 0) is 75.6 Å². The van der Waals surface area contributed by atoms with Crippen molar-refractivity contribution in [1.82, 2.24) is 0 Å². The van der Waals surface area contributed by atoms with Crippen LogP contribution in [-0.4, -0.2) is 16.9 Å². The van der Waals surface area contributed by atoms with Gasteiger partial charge in [0.2, 0.25) is 0 Å². The molecule has 3 aromatic carbocycles. The molecule has 0 spiro atoms. The summed E-state index contributed by atoms with van der Waals surface area (Å²) in [6, 6.07) is 14.9. The minimum atomic E-state index is -1.26. The fourth-order valence-corrected chi connectivity index (χ4v) is 3.42. The Morgan fingerprint density at radius 1 is 1.03 bits per heavy atom. The van der Waals surface area contributed by atoms with Crippen LogP contribution in [0.25, 0.3) is 0 Å². The largest absolute Gasteiger partial charge is 1.00 e. The van der Waals surface area contributed by atoms with Gasteiger partial charge >= 0.3 is 29.6 Å². The summed E-state index contributed by atoms with van der Waals surface area (Å²) < 4.78 is 0. The molecule has 0 radical (unpaired) electrons. The zero-order chi connectivity index (χ0) is 25.4. The summed E-state index contributed by atoms with van der Waals surface area (Å²) in [4.78, 5) is 22.2. The van der Waals surface area contributed by atoms with Gasteiger partial charge in [0, 0.05) is 16.8 Å². The predicted octanol–water partition coefficient (Wildman–Crippen LogP) is 3.52. The maximum atomic E-state index is 11.1. The maximum Gasteiger partial charge on any atom is 1.00 e. The van der Waals surface area contributed by atoms with Crippen molar-refractivity contribution in [2.24, 2.45) is 0 Å². The van der Waals surface area contributed by atoms with E-state index in [0.717, 1.165) is 11.1 Å². The molecule has 0 aromatic heterocycles. The van der Waals surface area contributed by atoms with Crippen LogP contribution in [0, 0.1) is 6.92 Å². The molecule has 2 N–H and O–H groups in total. The predicted molar refractivity (Wildman–Crippen MR) is 137 cm³/mol. The Kier molecular flexibility index (Phi) is 12.6. The Morgan fingerprint density at radius 2 is 1.69 bits per heavy atom. The fourth-order valence-electron chi connectivity index (χ4n) is 2.96. The van der Waals surface area contributed by atoms with E-state index in [1.54, 1.807) is 48.5 Å². The van der Waals surface area contributed by atoms with Crippen LogP contribution in [-0.2, 0) is 6.42 Å². The van der Waals surface area contributed by atoms with E-state index in [2.05, 4.69) is 5.32 Å². The molecule has 178 valence electrons. The summed E-state index contributed by atoms with van der Waals surface area (Å²) in [6.45, 7) is 7.38. The average Bonchev–Trinajstić information content (AvgIpc) is 2.79. The minimum Gasteiger partial charge on any atom is -0.545 e. The van der Waals surface area contributed by atoms with Gasteiger partial charge in [0.15, 0.2) is 5.78 Å². The van der Waals surface area contributed by atoms with Crippen molar-refractivity contribution in [1.29, 1.82) is 0 Å². The number of aromatic hydroxyl groups is 1. The Balaban J connectivity index is 0.000000350. The second-order valence-electron chi connectivity index (χ2n) is 7.90. The first kappa shape index (κ1) is 30.8. The number of carbonyl (C=O) groups excluding carboxylic acids is 2. The van der Waals surface area contributed by atoms with Crippen molar-refractivity contribution >= 4 is 46.3 Å². The van der Waals surface area contributed by atoms with E-state index in [9.17, 15) is 19.8 Å². The van der Waals surface area contributed by atoms with Gasteiger partial charge in [-0.25, -0.2) is 0 Å². The summed E-state index contributed by atoms with van der Waals surface area (Å²) in [5.41, 5.74) is 4.40. The van der Waals surface area contributed by atoms with E-state index in [1.807, 2.05) is 26.8 Å². The summed E-state index contributed by atoms with van der Waals surface area (Å²) in [5, 5.41) is 24.4. The number of aryl methyl sites for hydroxylation is 1. The number of rotatable bonds is 6. The molecule has 0 atom stereocenters. The number of aromatic carboxylic acids is 1. The molecule has 0 saturated heterocycles. The van der Waals surface area contributed by atoms with E-state index in [-0.39, 0.29) is 46.7 Å². The summed E-state index contributed by atoms with van der Waals surface area (Å²) in [7, 11) is 0.